The maximum atomic E-state index is 11.6. The molecule has 3 unspecified atom stereocenters. The van der Waals surface area contributed by atoms with E-state index in [-0.39, 0.29) is 11.8 Å². The number of likely N-dealkylation sites (tertiary alicyclic amines) is 1. The predicted molar refractivity (Wildman–Crippen MR) is 75.8 cm³/mol. The number of nitrogens with zero attached hydrogens (tertiary/aromatic N) is 1. The first kappa shape index (κ1) is 13.7. The lowest BCUT2D eigenvalue weighted by molar-refractivity contribution is -0.143. The number of carboxylic acids is 1. The molecule has 108 valence electrons. The van der Waals surface area contributed by atoms with Gasteiger partial charge in [0.1, 0.15) is 11.8 Å². The van der Waals surface area contributed by atoms with Crippen LogP contribution in [0.5, 0.6) is 5.75 Å². The number of halogens is 1. The van der Waals surface area contributed by atoms with Crippen LogP contribution in [-0.4, -0.2) is 33.7 Å². The van der Waals surface area contributed by atoms with Gasteiger partial charge in [0, 0.05) is 13.1 Å². The molecule has 3 rings (SSSR count). The molecule has 1 aliphatic heterocycles. The lowest BCUT2D eigenvalue weighted by atomic mass is 9.94. The first-order valence-electron chi connectivity index (χ1n) is 7.00. The summed E-state index contributed by atoms with van der Waals surface area (Å²) in [6.45, 7) is 1.42. The number of phenolic OH excluding ortho intramolecular Hbond substituents is 1. The van der Waals surface area contributed by atoms with Gasteiger partial charge in [-0.05, 0) is 42.4 Å². The zero-order chi connectivity index (χ0) is 14.3. The molecule has 1 saturated heterocycles. The molecule has 3 atom stereocenters. The van der Waals surface area contributed by atoms with E-state index in [0.29, 0.717) is 23.4 Å². The molecule has 2 aliphatic rings. The molecule has 4 nitrogen and oxygen atoms in total. The lowest BCUT2D eigenvalue weighted by Gasteiger charge is -2.24. The van der Waals surface area contributed by atoms with Crippen LogP contribution in [-0.2, 0) is 11.3 Å². The second kappa shape index (κ2) is 5.26. The van der Waals surface area contributed by atoms with Gasteiger partial charge in [-0.1, -0.05) is 24.1 Å². The third kappa shape index (κ3) is 2.38. The molecule has 2 fully saturated rings. The minimum atomic E-state index is -0.718. The van der Waals surface area contributed by atoms with Gasteiger partial charge in [0.2, 0.25) is 0 Å². The van der Waals surface area contributed by atoms with Crippen LogP contribution in [0.3, 0.4) is 0 Å². The minimum Gasteiger partial charge on any atom is -0.506 e. The number of rotatable bonds is 3. The molecular formula is C15H18ClNO3. The Bertz CT molecular complexity index is 534. The summed E-state index contributed by atoms with van der Waals surface area (Å²) in [7, 11) is 0. The van der Waals surface area contributed by atoms with Crippen molar-refractivity contribution in [3.8, 4) is 5.75 Å². The van der Waals surface area contributed by atoms with Crippen LogP contribution in [0.2, 0.25) is 5.02 Å². The summed E-state index contributed by atoms with van der Waals surface area (Å²) in [5.74, 6) is 0.150. The van der Waals surface area contributed by atoms with Crippen molar-refractivity contribution in [2.45, 2.75) is 31.8 Å². The molecule has 20 heavy (non-hydrogen) atoms. The molecule has 0 aromatic heterocycles. The van der Waals surface area contributed by atoms with E-state index in [1.807, 2.05) is 4.90 Å². The fourth-order valence-electron chi connectivity index (χ4n) is 3.78. The second-order valence-electron chi connectivity index (χ2n) is 5.85. The number of fused-ring (bicyclic) bond motifs is 1. The molecule has 0 radical (unpaired) electrons. The SMILES string of the molecule is O=C(O)C1C2CCCC2CN1Cc1ccc(O)c(Cl)c1. The Labute approximate surface area is 123 Å². The molecule has 0 bridgehead atoms. The van der Waals surface area contributed by atoms with E-state index in [1.165, 1.54) is 0 Å². The number of benzene rings is 1. The van der Waals surface area contributed by atoms with Crippen LogP contribution in [0.1, 0.15) is 24.8 Å². The smallest absolute Gasteiger partial charge is 0.321 e. The number of phenols is 1. The summed E-state index contributed by atoms with van der Waals surface area (Å²) < 4.78 is 0. The Kier molecular flexibility index (Phi) is 3.61. The van der Waals surface area contributed by atoms with Gasteiger partial charge in [0.25, 0.3) is 0 Å². The van der Waals surface area contributed by atoms with E-state index >= 15 is 0 Å². The topological polar surface area (TPSA) is 60.8 Å². The van der Waals surface area contributed by atoms with E-state index in [0.717, 1.165) is 31.4 Å². The summed E-state index contributed by atoms with van der Waals surface area (Å²) in [6, 6.07) is 4.69. The summed E-state index contributed by atoms with van der Waals surface area (Å²) in [5, 5.41) is 19.2. The van der Waals surface area contributed by atoms with Crippen molar-refractivity contribution in [2.24, 2.45) is 11.8 Å². The molecule has 5 heteroatoms. The largest absolute Gasteiger partial charge is 0.506 e. The first-order valence-corrected chi connectivity index (χ1v) is 7.38. The minimum absolute atomic E-state index is 0.0588. The Morgan fingerprint density at radius 3 is 2.90 bits per heavy atom. The molecule has 1 saturated carbocycles. The van der Waals surface area contributed by atoms with Crippen molar-refractivity contribution in [2.75, 3.05) is 6.54 Å². The van der Waals surface area contributed by atoms with Crippen molar-refractivity contribution in [3.63, 3.8) is 0 Å². The third-order valence-electron chi connectivity index (χ3n) is 4.64. The third-order valence-corrected chi connectivity index (χ3v) is 4.94. The van der Waals surface area contributed by atoms with E-state index in [9.17, 15) is 15.0 Å². The highest BCUT2D eigenvalue weighted by molar-refractivity contribution is 6.32. The van der Waals surface area contributed by atoms with Gasteiger partial charge in [-0.2, -0.15) is 0 Å². The monoisotopic (exact) mass is 295 g/mol. The molecule has 0 spiro atoms. The molecule has 1 heterocycles. The first-order chi connectivity index (χ1) is 9.56. The van der Waals surface area contributed by atoms with Crippen molar-refractivity contribution in [1.29, 1.82) is 0 Å². The number of aromatic hydroxyl groups is 1. The summed E-state index contributed by atoms with van der Waals surface area (Å²) in [5.41, 5.74) is 0.944. The molecule has 1 aromatic carbocycles. The van der Waals surface area contributed by atoms with Crippen LogP contribution in [0.15, 0.2) is 18.2 Å². The number of hydrogen-bond acceptors (Lipinski definition) is 3. The highest BCUT2D eigenvalue weighted by atomic mass is 35.5. The zero-order valence-corrected chi connectivity index (χ0v) is 11.9. The predicted octanol–water partition coefficient (Wildman–Crippen LogP) is 2.73. The van der Waals surface area contributed by atoms with Gasteiger partial charge in [-0.25, -0.2) is 0 Å². The Morgan fingerprint density at radius 1 is 1.40 bits per heavy atom. The van der Waals surface area contributed by atoms with Crippen molar-refractivity contribution < 1.29 is 15.0 Å². The maximum absolute atomic E-state index is 11.6. The molecule has 1 aromatic rings. The highest BCUT2D eigenvalue weighted by Crippen LogP contribution is 2.42. The van der Waals surface area contributed by atoms with E-state index in [4.69, 9.17) is 11.6 Å². The number of hydrogen-bond donors (Lipinski definition) is 2. The average Bonchev–Trinajstić information content (AvgIpc) is 2.93. The molecular weight excluding hydrogens is 278 g/mol. The van der Waals surface area contributed by atoms with Gasteiger partial charge >= 0.3 is 5.97 Å². The lowest BCUT2D eigenvalue weighted by Crippen LogP contribution is -2.39. The Balaban J connectivity index is 1.79. The van der Waals surface area contributed by atoms with Crippen LogP contribution in [0.25, 0.3) is 0 Å². The molecule has 1 aliphatic carbocycles. The van der Waals surface area contributed by atoms with Gasteiger partial charge in [-0.3, -0.25) is 9.69 Å². The Hall–Kier alpha value is -1.26. The van der Waals surface area contributed by atoms with Crippen molar-refractivity contribution in [3.05, 3.63) is 28.8 Å². The van der Waals surface area contributed by atoms with Crippen LogP contribution < -0.4 is 0 Å². The quantitative estimate of drug-likeness (QED) is 0.900. The van der Waals surface area contributed by atoms with Crippen molar-refractivity contribution >= 4 is 17.6 Å². The van der Waals surface area contributed by atoms with Gasteiger partial charge in [0.05, 0.1) is 5.02 Å². The van der Waals surface area contributed by atoms with Gasteiger partial charge in [0.15, 0.2) is 0 Å². The summed E-state index contributed by atoms with van der Waals surface area (Å²) in [6.07, 6.45) is 3.31. The maximum Gasteiger partial charge on any atom is 0.321 e. The van der Waals surface area contributed by atoms with Crippen LogP contribution in [0, 0.1) is 11.8 Å². The Morgan fingerprint density at radius 2 is 2.20 bits per heavy atom. The normalized spacial score (nSPS) is 29.6. The summed E-state index contributed by atoms with van der Waals surface area (Å²) in [4.78, 5) is 13.6. The standard InChI is InChI=1S/C15H18ClNO3/c16-12-6-9(4-5-13(12)18)7-17-8-10-2-1-3-11(10)14(17)15(19)20/h4-6,10-11,14,18H,1-3,7-8H2,(H,19,20). The fourth-order valence-corrected chi connectivity index (χ4v) is 3.98. The second-order valence-corrected chi connectivity index (χ2v) is 6.26. The van der Waals surface area contributed by atoms with E-state index in [2.05, 4.69) is 0 Å². The fraction of sp³-hybridized carbons (Fsp3) is 0.533. The number of aliphatic carboxylic acids is 1. The van der Waals surface area contributed by atoms with Crippen LogP contribution in [0.4, 0.5) is 0 Å². The molecule has 2 N–H and O–H groups in total. The van der Waals surface area contributed by atoms with E-state index < -0.39 is 5.97 Å². The highest BCUT2D eigenvalue weighted by Gasteiger charge is 2.47. The number of carbonyl (C=O) groups is 1. The van der Waals surface area contributed by atoms with E-state index in [1.54, 1.807) is 18.2 Å². The zero-order valence-electron chi connectivity index (χ0n) is 11.1. The van der Waals surface area contributed by atoms with Crippen molar-refractivity contribution in [1.82, 2.24) is 4.90 Å². The van der Waals surface area contributed by atoms with Crippen LogP contribution >= 0.6 is 11.6 Å². The summed E-state index contributed by atoms with van der Waals surface area (Å²) >= 11 is 5.91. The van der Waals surface area contributed by atoms with Gasteiger partial charge < -0.3 is 10.2 Å². The number of carboxylic acid groups (broad SMARTS) is 1. The molecule has 0 amide bonds. The van der Waals surface area contributed by atoms with Gasteiger partial charge in [-0.15, -0.1) is 0 Å². The average molecular weight is 296 g/mol.